The van der Waals surface area contributed by atoms with Gasteiger partial charge in [-0.25, -0.2) is 4.98 Å². The maximum absolute atomic E-state index is 12.5. The number of aromatic nitrogens is 2. The Morgan fingerprint density at radius 2 is 1.92 bits per heavy atom. The van der Waals surface area contributed by atoms with Crippen LogP contribution in [0.4, 0.5) is 0 Å². The number of para-hydroxylation sites is 1. The fourth-order valence-electron chi connectivity index (χ4n) is 3.15. The van der Waals surface area contributed by atoms with Crippen molar-refractivity contribution in [2.24, 2.45) is 0 Å². The van der Waals surface area contributed by atoms with Crippen LogP contribution < -0.4 is 10.9 Å². The van der Waals surface area contributed by atoms with E-state index in [1.165, 1.54) is 0 Å². The number of hydrogen-bond donors (Lipinski definition) is 3. The number of aliphatic hydroxyl groups excluding tert-OH is 1. The van der Waals surface area contributed by atoms with Crippen LogP contribution in [0.15, 0.2) is 53.3 Å². The van der Waals surface area contributed by atoms with E-state index in [4.69, 9.17) is 0 Å². The molecule has 0 fully saturated rings. The summed E-state index contributed by atoms with van der Waals surface area (Å²) in [5.74, 6) is -0.575. The molecule has 1 amide bonds. The topological polar surface area (TPSA) is 95.1 Å². The van der Waals surface area contributed by atoms with Crippen LogP contribution in [-0.2, 0) is 6.42 Å². The Morgan fingerprint density at radius 3 is 2.79 bits per heavy atom. The molecule has 3 aromatic rings. The summed E-state index contributed by atoms with van der Waals surface area (Å²) in [5, 5.41) is 13.4. The number of benzene rings is 2. The molecule has 0 radical (unpaired) electrons. The van der Waals surface area contributed by atoms with Gasteiger partial charge in [0, 0.05) is 6.42 Å². The fourth-order valence-corrected chi connectivity index (χ4v) is 3.15. The summed E-state index contributed by atoms with van der Waals surface area (Å²) < 4.78 is 0. The number of aromatic amines is 1. The number of fused-ring (bicyclic) bond motifs is 2. The fraction of sp³-hybridized carbons (Fsp3) is 0.167. The van der Waals surface area contributed by atoms with Crippen molar-refractivity contribution < 1.29 is 9.90 Å². The standard InChI is InChI=1S/C18H15N3O3/c22-14-9-10-5-1-2-6-11(10)15(14)20-18(24)16-19-13-8-4-3-7-12(13)17(23)21-16/h1-8,14-15,22H,9H2,(H,20,24)(H,19,21,23)/t14-,15+/m1/s1. The largest absolute Gasteiger partial charge is 0.390 e. The SMILES string of the molecule is O=C(N[C@H]1c2ccccc2C[C@H]1O)c1nc2ccccc2c(=O)[nH]1. The highest BCUT2D eigenvalue weighted by Crippen LogP contribution is 2.31. The van der Waals surface area contributed by atoms with Gasteiger partial charge in [-0.2, -0.15) is 0 Å². The summed E-state index contributed by atoms with van der Waals surface area (Å²) in [5.41, 5.74) is 1.99. The minimum atomic E-state index is -0.696. The Kier molecular flexibility index (Phi) is 3.39. The summed E-state index contributed by atoms with van der Waals surface area (Å²) in [6.07, 6.45) is -0.207. The molecule has 120 valence electrons. The van der Waals surface area contributed by atoms with Gasteiger partial charge in [-0.1, -0.05) is 36.4 Å². The molecule has 0 unspecified atom stereocenters. The molecule has 2 aromatic carbocycles. The third-order valence-electron chi connectivity index (χ3n) is 4.32. The molecule has 0 spiro atoms. The van der Waals surface area contributed by atoms with E-state index in [0.717, 1.165) is 11.1 Å². The molecule has 0 aliphatic heterocycles. The van der Waals surface area contributed by atoms with Gasteiger partial charge in [0.2, 0.25) is 0 Å². The first-order chi connectivity index (χ1) is 11.6. The van der Waals surface area contributed by atoms with E-state index in [2.05, 4.69) is 15.3 Å². The van der Waals surface area contributed by atoms with Crippen molar-refractivity contribution in [2.75, 3.05) is 0 Å². The van der Waals surface area contributed by atoms with Crippen molar-refractivity contribution in [3.63, 3.8) is 0 Å². The molecule has 6 nitrogen and oxygen atoms in total. The second kappa shape index (κ2) is 5.58. The first-order valence-electron chi connectivity index (χ1n) is 7.69. The predicted molar refractivity (Wildman–Crippen MR) is 88.7 cm³/mol. The highest BCUT2D eigenvalue weighted by Gasteiger charge is 2.32. The zero-order chi connectivity index (χ0) is 16.7. The van der Waals surface area contributed by atoms with Crippen LogP contribution >= 0.6 is 0 Å². The minimum Gasteiger partial charge on any atom is -0.390 e. The molecule has 0 bridgehead atoms. The van der Waals surface area contributed by atoms with Crippen molar-refractivity contribution in [1.82, 2.24) is 15.3 Å². The smallest absolute Gasteiger partial charge is 0.287 e. The number of hydrogen-bond acceptors (Lipinski definition) is 4. The van der Waals surface area contributed by atoms with Crippen molar-refractivity contribution in [3.05, 3.63) is 75.8 Å². The molecule has 0 saturated heterocycles. The van der Waals surface area contributed by atoms with Gasteiger partial charge in [-0.3, -0.25) is 9.59 Å². The Hall–Kier alpha value is -2.99. The van der Waals surface area contributed by atoms with E-state index in [1.807, 2.05) is 24.3 Å². The van der Waals surface area contributed by atoms with Crippen LogP contribution in [0.1, 0.15) is 27.8 Å². The molecule has 1 aliphatic carbocycles. The minimum absolute atomic E-state index is 0.0599. The molecule has 4 rings (SSSR count). The lowest BCUT2D eigenvalue weighted by Crippen LogP contribution is -2.35. The normalized spacial score (nSPS) is 19.2. The van der Waals surface area contributed by atoms with Gasteiger partial charge < -0.3 is 15.4 Å². The van der Waals surface area contributed by atoms with Gasteiger partial charge in [-0.15, -0.1) is 0 Å². The van der Waals surface area contributed by atoms with Gasteiger partial charge in [0.1, 0.15) is 0 Å². The Labute approximate surface area is 137 Å². The quantitative estimate of drug-likeness (QED) is 0.663. The van der Waals surface area contributed by atoms with E-state index in [-0.39, 0.29) is 11.4 Å². The first-order valence-corrected chi connectivity index (χ1v) is 7.69. The lowest BCUT2D eigenvalue weighted by Gasteiger charge is -2.17. The second-order valence-corrected chi connectivity index (χ2v) is 5.85. The van der Waals surface area contributed by atoms with Gasteiger partial charge >= 0.3 is 0 Å². The van der Waals surface area contributed by atoms with Crippen molar-refractivity contribution >= 4 is 16.8 Å². The lowest BCUT2D eigenvalue weighted by atomic mass is 10.1. The molecule has 0 saturated carbocycles. The molecule has 2 atom stereocenters. The third-order valence-corrected chi connectivity index (χ3v) is 4.32. The van der Waals surface area contributed by atoms with E-state index >= 15 is 0 Å². The molecular formula is C18H15N3O3. The summed E-state index contributed by atoms with van der Waals surface area (Å²) in [6, 6.07) is 13.9. The van der Waals surface area contributed by atoms with E-state index in [0.29, 0.717) is 17.3 Å². The number of nitrogens with zero attached hydrogens (tertiary/aromatic N) is 1. The number of carbonyl (C=O) groups is 1. The van der Waals surface area contributed by atoms with Crippen LogP contribution in [-0.4, -0.2) is 27.1 Å². The first kappa shape index (κ1) is 14.6. The predicted octanol–water partition coefficient (Wildman–Crippen LogP) is 1.31. The summed E-state index contributed by atoms with van der Waals surface area (Å²) in [4.78, 5) is 31.3. The molecule has 24 heavy (non-hydrogen) atoms. The monoisotopic (exact) mass is 321 g/mol. The summed E-state index contributed by atoms with van der Waals surface area (Å²) >= 11 is 0. The number of aliphatic hydroxyl groups is 1. The van der Waals surface area contributed by atoms with Crippen LogP contribution in [0.25, 0.3) is 10.9 Å². The molecule has 1 aromatic heterocycles. The molecule has 1 aliphatic rings. The Morgan fingerprint density at radius 1 is 1.17 bits per heavy atom. The molecule has 3 N–H and O–H groups in total. The average molecular weight is 321 g/mol. The van der Waals surface area contributed by atoms with Gasteiger partial charge in [0.15, 0.2) is 5.82 Å². The number of nitrogens with one attached hydrogen (secondary N) is 2. The highest BCUT2D eigenvalue weighted by atomic mass is 16.3. The third kappa shape index (κ3) is 2.37. The van der Waals surface area contributed by atoms with E-state index in [1.54, 1.807) is 24.3 Å². The Balaban J connectivity index is 1.67. The molecule has 1 heterocycles. The van der Waals surface area contributed by atoms with Crippen LogP contribution in [0, 0.1) is 0 Å². The summed E-state index contributed by atoms with van der Waals surface area (Å²) in [6.45, 7) is 0. The zero-order valence-corrected chi connectivity index (χ0v) is 12.7. The number of H-pyrrole nitrogens is 1. The molecule has 6 heteroatoms. The maximum atomic E-state index is 12.5. The second-order valence-electron chi connectivity index (χ2n) is 5.85. The van der Waals surface area contributed by atoms with E-state index < -0.39 is 18.1 Å². The van der Waals surface area contributed by atoms with Gasteiger partial charge in [0.05, 0.1) is 23.0 Å². The average Bonchev–Trinajstić information content (AvgIpc) is 2.90. The van der Waals surface area contributed by atoms with Crippen molar-refractivity contribution in [1.29, 1.82) is 0 Å². The van der Waals surface area contributed by atoms with Gasteiger partial charge in [-0.05, 0) is 23.3 Å². The maximum Gasteiger partial charge on any atom is 0.287 e. The Bertz CT molecular complexity index is 996. The number of amides is 1. The van der Waals surface area contributed by atoms with Crippen LogP contribution in [0.2, 0.25) is 0 Å². The zero-order valence-electron chi connectivity index (χ0n) is 12.7. The number of rotatable bonds is 2. The van der Waals surface area contributed by atoms with Crippen molar-refractivity contribution in [2.45, 2.75) is 18.6 Å². The van der Waals surface area contributed by atoms with Crippen molar-refractivity contribution in [3.8, 4) is 0 Å². The van der Waals surface area contributed by atoms with Crippen LogP contribution in [0.5, 0.6) is 0 Å². The van der Waals surface area contributed by atoms with Crippen LogP contribution in [0.3, 0.4) is 0 Å². The van der Waals surface area contributed by atoms with Gasteiger partial charge in [0.25, 0.3) is 11.5 Å². The number of carbonyl (C=O) groups excluding carboxylic acids is 1. The highest BCUT2D eigenvalue weighted by molar-refractivity contribution is 5.93. The molecular weight excluding hydrogens is 306 g/mol. The van der Waals surface area contributed by atoms with E-state index in [9.17, 15) is 14.7 Å². The summed E-state index contributed by atoms with van der Waals surface area (Å²) in [7, 11) is 0. The lowest BCUT2D eigenvalue weighted by molar-refractivity contribution is 0.0848.